The minimum Gasteiger partial charge on any atom is -0.497 e. The van der Waals surface area contributed by atoms with E-state index in [-0.39, 0.29) is 11.7 Å². The third-order valence-electron chi connectivity index (χ3n) is 3.81. The molecule has 0 aliphatic rings. The predicted molar refractivity (Wildman–Crippen MR) is 108 cm³/mol. The Hall–Kier alpha value is -3.25. The van der Waals surface area contributed by atoms with Crippen LogP contribution in [0.15, 0.2) is 66.1 Å². The summed E-state index contributed by atoms with van der Waals surface area (Å²) in [6, 6.07) is 16.2. The number of para-hydroxylation sites is 1. The molecule has 5 nitrogen and oxygen atoms in total. The zero-order chi connectivity index (χ0) is 19.2. The number of ketones is 1. The second kappa shape index (κ2) is 8.42. The van der Waals surface area contributed by atoms with Gasteiger partial charge in [-0.15, -0.1) is 11.3 Å². The number of amides is 1. The summed E-state index contributed by atoms with van der Waals surface area (Å²) >= 11 is 1.35. The standard InChI is InChI=1S/C21H18N2O3S/c1-15(24)23(18-6-4-3-5-7-18)21-22-17(14-27-21)10-13-20(25)16-8-11-19(26-2)12-9-16/h3-14H,1-2H3/b13-10+. The number of nitrogens with zero attached hydrogens (tertiary/aromatic N) is 2. The van der Waals surface area contributed by atoms with Gasteiger partial charge in [0.1, 0.15) is 5.75 Å². The van der Waals surface area contributed by atoms with Gasteiger partial charge in [-0.25, -0.2) is 4.98 Å². The van der Waals surface area contributed by atoms with E-state index in [1.165, 1.54) is 24.3 Å². The molecule has 0 saturated carbocycles. The van der Waals surface area contributed by atoms with Crippen LogP contribution in [0.1, 0.15) is 23.0 Å². The molecule has 0 bridgehead atoms. The molecule has 0 aliphatic carbocycles. The van der Waals surface area contributed by atoms with Gasteiger partial charge in [0.05, 0.1) is 18.5 Å². The van der Waals surface area contributed by atoms with Crippen LogP contribution in [-0.4, -0.2) is 23.8 Å². The molecule has 1 amide bonds. The average molecular weight is 378 g/mol. The van der Waals surface area contributed by atoms with Crippen LogP contribution in [0.25, 0.3) is 6.08 Å². The van der Waals surface area contributed by atoms with Gasteiger partial charge in [0.15, 0.2) is 10.9 Å². The van der Waals surface area contributed by atoms with E-state index in [1.54, 1.807) is 42.4 Å². The molecular weight excluding hydrogens is 360 g/mol. The van der Waals surface area contributed by atoms with E-state index in [1.807, 2.05) is 35.7 Å². The second-order valence-corrected chi connectivity index (χ2v) is 6.51. The largest absolute Gasteiger partial charge is 0.497 e. The lowest BCUT2D eigenvalue weighted by Crippen LogP contribution is -2.22. The molecule has 0 fully saturated rings. The lowest BCUT2D eigenvalue weighted by atomic mass is 10.1. The number of carbonyl (C=O) groups excluding carboxylic acids is 2. The summed E-state index contributed by atoms with van der Waals surface area (Å²) in [4.78, 5) is 30.4. The number of methoxy groups -OCH3 is 1. The number of carbonyl (C=O) groups is 2. The van der Waals surface area contributed by atoms with Gasteiger partial charge >= 0.3 is 0 Å². The minimum atomic E-state index is -0.126. The van der Waals surface area contributed by atoms with Crippen molar-refractivity contribution in [2.75, 3.05) is 12.0 Å². The number of thiazole rings is 1. The Kier molecular flexibility index (Phi) is 5.78. The lowest BCUT2D eigenvalue weighted by Gasteiger charge is -2.17. The zero-order valence-electron chi connectivity index (χ0n) is 15.0. The van der Waals surface area contributed by atoms with Gasteiger partial charge < -0.3 is 4.74 Å². The van der Waals surface area contributed by atoms with Gasteiger partial charge in [0.2, 0.25) is 5.91 Å². The quantitative estimate of drug-likeness (QED) is 0.459. The third-order valence-corrected chi connectivity index (χ3v) is 4.65. The smallest absolute Gasteiger partial charge is 0.230 e. The van der Waals surface area contributed by atoms with E-state index in [0.29, 0.717) is 22.1 Å². The van der Waals surface area contributed by atoms with Crippen LogP contribution in [0.2, 0.25) is 0 Å². The molecule has 0 saturated heterocycles. The van der Waals surface area contributed by atoms with Crippen LogP contribution in [0.5, 0.6) is 5.75 Å². The molecule has 0 radical (unpaired) electrons. The fourth-order valence-electron chi connectivity index (χ4n) is 2.47. The number of aromatic nitrogens is 1. The van der Waals surface area contributed by atoms with Gasteiger partial charge in [0, 0.05) is 17.9 Å². The van der Waals surface area contributed by atoms with E-state index in [0.717, 1.165) is 5.69 Å². The van der Waals surface area contributed by atoms with Gasteiger partial charge in [0.25, 0.3) is 0 Å². The molecule has 136 valence electrons. The van der Waals surface area contributed by atoms with E-state index in [9.17, 15) is 9.59 Å². The van der Waals surface area contributed by atoms with Crippen molar-refractivity contribution in [3.05, 3.63) is 77.3 Å². The Bertz CT molecular complexity index is 963. The minimum absolute atomic E-state index is 0.125. The summed E-state index contributed by atoms with van der Waals surface area (Å²) < 4.78 is 5.09. The summed E-state index contributed by atoms with van der Waals surface area (Å²) in [6.07, 6.45) is 3.12. The Labute approximate surface area is 161 Å². The first-order valence-electron chi connectivity index (χ1n) is 8.26. The number of rotatable bonds is 6. The maximum Gasteiger partial charge on any atom is 0.230 e. The van der Waals surface area contributed by atoms with Crippen molar-refractivity contribution in [2.45, 2.75) is 6.92 Å². The molecule has 3 rings (SSSR count). The van der Waals surface area contributed by atoms with Gasteiger partial charge in [-0.3, -0.25) is 14.5 Å². The van der Waals surface area contributed by atoms with Crippen LogP contribution in [0, 0.1) is 0 Å². The number of ether oxygens (including phenoxy) is 1. The van der Waals surface area contributed by atoms with Crippen molar-refractivity contribution in [1.29, 1.82) is 0 Å². The van der Waals surface area contributed by atoms with Crippen LogP contribution in [0.4, 0.5) is 10.8 Å². The second-order valence-electron chi connectivity index (χ2n) is 5.67. The maximum absolute atomic E-state index is 12.3. The van der Waals surface area contributed by atoms with Crippen molar-refractivity contribution < 1.29 is 14.3 Å². The van der Waals surface area contributed by atoms with Crippen molar-refractivity contribution in [3.8, 4) is 5.75 Å². The lowest BCUT2D eigenvalue weighted by molar-refractivity contribution is -0.115. The van der Waals surface area contributed by atoms with E-state index < -0.39 is 0 Å². The molecule has 1 heterocycles. The maximum atomic E-state index is 12.3. The van der Waals surface area contributed by atoms with Crippen LogP contribution in [0.3, 0.4) is 0 Å². The molecular formula is C21H18N2O3S. The van der Waals surface area contributed by atoms with Gasteiger partial charge in [-0.2, -0.15) is 0 Å². The van der Waals surface area contributed by atoms with Crippen molar-refractivity contribution in [3.63, 3.8) is 0 Å². The van der Waals surface area contributed by atoms with Crippen LogP contribution in [-0.2, 0) is 4.79 Å². The SMILES string of the molecule is COc1ccc(C(=O)/C=C/c2csc(N(C(C)=O)c3ccccc3)n2)cc1. The summed E-state index contributed by atoms with van der Waals surface area (Å²) in [7, 11) is 1.58. The van der Waals surface area contributed by atoms with Crippen LogP contribution < -0.4 is 9.64 Å². The number of benzene rings is 2. The highest BCUT2D eigenvalue weighted by Crippen LogP contribution is 2.29. The first-order chi connectivity index (χ1) is 13.1. The summed E-state index contributed by atoms with van der Waals surface area (Å²) in [5.41, 5.74) is 1.94. The van der Waals surface area contributed by atoms with E-state index >= 15 is 0 Å². The van der Waals surface area contributed by atoms with Crippen molar-refractivity contribution >= 4 is 39.9 Å². The fourth-order valence-corrected chi connectivity index (χ4v) is 3.33. The zero-order valence-corrected chi connectivity index (χ0v) is 15.8. The highest BCUT2D eigenvalue weighted by Gasteiger charge is 2.17. The highest BCUT2D eigenvalue weighted by molar-refractivity contribution is 7.14. The fraction of sp³-hybridized carbons (Fsp3) is 0.0952. The normalized spacial score (nSPS) is 10.7. The molecule has 1 aromatic heterocycles. The van der Waals surface area contributed by atoms with E-state index in [2.05, 4.69) is 4.98 Å². The topological polar surface area (TPSA) is 59.5 Å². The molecule has 2 aromatic carbocycles. The molecule has 6 heteroatoms. The number of hydrogen-bond donors (Lipinski definition) is 0. The summed E-state index contributed by atoms with van der Waals surface area (Å²) in [6.45, 7) is 1.50. The van der Waals surface area contributed by atoms with Crippen molar-refractivity contribution in [1.82, 2.24) is 4.98 Å². The van der Waals surface area contributed by atoms with Gasteiger partial charge in [-0.1, -0.05) is 18.2 Å². The molecule has 0 unspecified atom stereocenters. The summed E-state index contributed by atoms with van der Waals surface area (Å²) in [5, 5.41) is 2.37. The third kappa shape index (κ3) is 4.48. The first-order valence-corrected chi connectivity index (χ1v) is 9.14. The number of anilines is 2. The monoisotopic (exact) mass is 378 g/mol. The highest BCUT2D eigenvalue weighted by atomic mass is 32.1. The Morgan fingerprint density at radius 2 is 1.78 bits per heavy atom. The molecule has 3 aromatic rings. The predicted octanol–water partition coefficient (Wildman–Crippen LogP) is 4.73. The Morgan fingerprint density at radius 1 is 1.07 bits per heavy atom. The average Bonchev–Trinajstić information content (AvgIpc) is 3.15. The number of hydrogen-bond acceptors (Lipinski definition) is 5. The van der Waals surface area contributed by atoms with Crippen molar-refractivity contribution in [2.24, 2.45) is 0 Å². The Morgan fingerprint density at radius 3 is 2.41 bits per heavy atom. The molecule has 0 atom stereocenters. The van der Waals surface area contributed by atoms with Gasteiger partial charge in [-0.05, 0) is 48.6 Å². The van der Waals surface area contributed by atoms with Crippen LogP contribution >= 0.6 is 11.3 Å². The molecule has 0 spiro atoms. The Balaban J connectivity index is 1.77. The van der Waals surface area contributed by atoms with E-state index in [4.69, 9.17) is 4.74 Å². The molecule has 0 aliphatic heterocycles. The molecule has 27 heavy (non-hydrogen) atoms. The first kappa shape index (κ1) is 18.5. The number of allylic oxidation sites excluding steroid dienone is 1. The molecule has 0 N–H and O–H groups in total. The summed E-state index contributed by atoms with van der Waals surface area (Å²) in [5.74, 6) is 0.448.